The van der Waals surface area contributed by atoms with Gasteiger partial charge in [-0.1, -0.05) is 12.1 Å². The number of aromatic nitrogens is 1. The standard InChI is InChI=1S/C14H15N3O/c1-9-3-4-10(2)13(7-9)18-11-5-6-12(14(15)16)17-8-11/h3-8H,1-2H3,(H3,15,16). The molecule has 0 amide bonds. The highest BCUT2D eigenvalue weighted by molar-refractivity contribution is 5.92. The minimum absolute atomic E-state index is 0.0479. The molecule has 0 aliphatic heterocycles. The van der Waals surface area contributed by atoms with Crippen LogP contribution in [0, 0.1) is 19.3 Å². The van der Waals surface area contributed by atoms with E-state index in [1.54, 1.807) is 18.3 Å². The van der Waals surface area contributed by atoms with Crippen LogP contribution in [0.2, 0.25) is 0 Å². The molecule has 2 rings (SSSR count). The second kappa shape index (κ2) is 4.87. The molecule has 1 heterocycles. The van der Waals surface area contributed by atoms with Crippen LogP contribution in [0.15, 0.2) is 36.5 Å². The van der Waals surface area contributed by atoms with Gasteiger partial charge in [-0.3, -0.25) is 5.41 Å². The molecular weight excluding hydrogens is 226 g/mol. The first-order valence-electron chi connectivity index (χ1n) is 5.62. The lowest BCUT2D eigenvalue weighted by Crippen LogP contribution is -2.12. The summed E-state index contributed by atoms with van der Waals surface area (Å²) in [6, 6.07) is 9.46. The van der Waals surface area contributed by atoms with E-state index in [1.807, 2.05) is 32.0 Å². The summed E-state index contributed by atoms with van der Waals surface area (Å²) in [6.07, 6.45) is 1.57. The molecule has 3 N–H and O–H groups in total. The molecule has 4 heteroatoms. The van der Waals surface area contributed by atoms with E-state index in [2.05, 4.69) is 4.98 Å². The summed E-state index contributed by atoms with van der Waals surface area (Å²) in [4.78, 5) is 4.05. The number of amidine groups is 1. The first-order valence-corrected chi connectivity index (χ1v) is 5.62. The Morgan fingerprint density at radius 1 is 1.22 bits per heavy atom. The van der Waals surface area contributed by atoms with Crippen molar-refractivity contribution in [1.82, 2.24) is 4.98 Å². The van der Waals surface area contributed by atoms with Crippen LogP contribution < -0.4 is 10.5 Å². The minimum Gasteiger partial charge on any atom is -0.455 e. The number of hydrogen-bond donors (Lipinski definition) is 2. The predicted molar refractivity (Wildman–Crippen MR) is 71.2 cm³/mol. The fraction of sp³-hybridized carbons (Fsp3) is 0.143. The molecule has 0 spiro atoms. The van der Waals surface area contributed by atoms with Crippen molar-refractivity contribution < 1.29 is 4.74 Å². The normalized spacial score (nSPS) is 10.1. The molecular formula is C14H15N3O. The van der Waals surface area contributed by atoms with Crippen LogP contribution in [0.1, 0.15) is 16.8 Å². The van der Waals surface area contributed by atoms with E-state index in [9.17, 15) is 0 Å². The van der Waals surface area contributed by atoms with Gasteiger partial charge in [-0.2, -0.15) is 0 Å². The minimum atomic E-state index is -0.0479. The number of nitrogen functional groups attached to an aromatic ring is 1. The summed E-state index contributed by atoms with van der Waals surface area (Å²) in [6.45, 7) is 4.01. The first-order chi connectivity index (χ1) is 8.56. The zero-order valence-corrected chi connectivity index (χ0v) is 10.4. The van der Waals surface area contributed by atoms with Gasteiger partial charge in [0.25, 0.3) is 0 Å². The zero-order valence-electron chi connectivity index (χ0n) is 10.4. The Morgan fingerprint density at radius 2 is 2.00 bits per heavy atom. The van der Waals surface area contributed by atoms with Gasteiger partial charge in [0.05, 0.1) is 6.20 Å². The van der Waals surface area contributed by atoms with Gasteiger partial charge in [-0.15, -0.1) is 0 Å². The van der Waals surface area contributed by atoms with E-state index in [1.165, 1.54) is 0 Å². The Labute approximate surface area is 106 Å². The third-order valence-electron chi connectivity index (χ3n) is 2.58. The van der Waals surface area contributed by atoms with Crippen LogP contribution in [0.3, 0.4) is 0 Å². The predicted octanol–water partition coefficient (Wildman–Crippen LogP) is 2.77. The molecule has 0 aliphatic rings. The monoisotopic (exact) mass is 241 g/mol. The van der Waals surface area contributed by atoms with Crippen LogP contribution in [0.5, 0.6) is 11.5 Å². The van der Waals surface area contributed by atoms with Crippen molar-refractivity contribution in [2.75, 3.05) is 0 Å². The molecule has 0 aliphatic carbocycles. The summed E-state index contributed by atoms with van der Waals surface area (Å²) in [5.74, 6) is 1.40. The van der Waals surface area contributed by atoms with Crippen LogP contribution in [-0.4, -0.2) is 10.8 Å². The van der Waals surface area contributed by atoms with E-state index in [4.69, 9.17) is 15.9 Å². The summed E-state index contributed by atoms with van der Waals surface area (Å²) in [5.41, 5.74) is 8.00. The van der Waals surface area contributed by atoms with Gasteiger partial charge in [-0.25, -0.2) is 4.98 Å². The number of ether oxygens (including phenoxy) is 1. The number of pyridine rings is 1. The van der Waals surface area contributed by atoms with Crippen LogP contribution in [0.4, 0.5) is 0 Å². The Balaban J connectivity index is 2.23. The molecule has 0 atom stereocenters. The fourth-order valence-electron chi connectivity index (χ4n) is 1.54. The average molecular weight is 241 g/mol. The third kappa shape index (κ3) is 2.66. The maximum absolute atomic E-state index is 7.26. The second-order valence-corrected chi connectivity index (χ2v) is 4.16. The van der Waals surface area contributed by atoms with Crippen molar-refractivity contribution in [2.24, 2.45) is 5.73 Å². The van der Waals surface area contributed by atoms with Gasteiger partial charge in [0, 0.05) is 0 Å². The molecule has 18 heavy (non-hydrogen) atoms. The highest BCUT2D eigenvalue weighted by Gasteiger charge is 2.03. The maximum atomic E-state index is 7.26. The van der Waals surface area contributed by atoms with Crippen LogP contribution in [-0.2, 0) is 0 Å². The number of nitrogens with zero attached hydrogens (tertiary/aromatic N) is 1. The largest absolute Gasteiger partial charge is 0.455 e. The molecule has 0 fully saturated rings. The summed E-state index contributed by atoms with van der Waals surface area (Å²) < 4.78 is 5.75. The molecule has 0 saturated carbocycles. The van der Waals surface area contributed by atoms with E-state index >= 15 is 0 Å². The van der Waals surface area contributed by atoms with Crippen LogP contribution in [0.25, 0.3) is 0 Å². The van der Waals surface area contributed by atoms with E-state index in [0.29, 0.717) is 11.4 Å². The summed E-state index contributed by atoms with van der Waals surface area (Å²) >= 11 is 0. The van der Waals surface area contributed by atoms with Gasteiger partial charge in [0.2, 0.25) is 0 Å². The topological polar surface area (TPSA) is 72.0 Å². The second-order valence-electron chi connectivity index (χ2n) is 4.16. The van der Waals surface area contributed by atoms with Crippen molar-refractivity contribution in [1.29, 1.82) is 5.41 Å². The lowest BCUT2D eigenvalue weighted by Gasteiger charge is -2.09. The number of nitrogens with one attached hydrogen (secondary N) is 1. The van der Waals surface area contributed by atoms with E-state index < -0.39 is 0 Å². The first kappa shape index (κ1) is 12.1. The highest BCUT2D eigenvalue weighted by Crippen LogP contribution is 2.25. The van der Waals surface area contributed by atoms with Crippen molar-refractivity contribution in [3.05, 3.63) is 53.3 Å². The third-order valence-corrected chi connectivity index (χ3v) is 2.58. The lowest BCUT2D eigenvalue weighted by atomic mass is 10.1. The number of aryl methyl sites for hydroxylation is 2. The van der Waals surface area contributed by atoms with Gasteiger partial charge in [0.15, 0.2) is 0 Å². The van der Waals surface area contributed by atoms with Crippen LogP contribution >= 0.6 is 0 Å². The smallest absolute Gasteiger partial charge is 0.145 e. The van der Waals surface area contributed by atoms with Crippen molar-refractivity contribution in [3.63, 3.8) is 0 Å². The van der Waals surface area contributed by atoms with Gasteiger partial charge >= 0.3 is 0 Å². The fourth-order valence-corrected chi connectivity index (χ4v) is 1.54. The number of hydrogen-bond acceptors (Lipinski definition) is 3. The number of nitrogens with two attached hydrogens (primary N) is 1. The van der Waals surface area contributed by atoms with Crippen molar-refractivity contribution >= 4 is 5.84 Å². The molecule has 0 bridgehead atoms. The molecule has 92 valence electrons. The van der Waals surface area contributed by atoms with E-state index in [-0.39, 0.29) is 5.84 Å². The molecule has 1 aromatic heterocycles. The molecule has 0 saturated heterocycles. The number of benzene rings is 1. The van der Waals surface area contributed by atoms with Crippen molar-refractivity contribution in [3.8, 4) is 11.5 Å². The number of rotatable bonds is 3. The molecule has 4 nitrogen and oxygen atoms in total. The van der Waals surface area contributed by atoms with E-state index in [0.717, 1.165) is 16.9 Å². The molecule has 2 aromatic rings. The highest BCUT2D eigenvalue weighted by atomic mass is 16.5. The lowest BCUT2D eigenvalue weighted by molar-refractivity contribution is 0.476. The Bertz CT molecular complexity index is 576. The zero-order chi connectivity index (χ0) is 13.1. The SMILES string of the molecule is Cc1ccc(C)c(Oc2ccc(C(=N)N)nc2)c1. The maximum Gasteiger partial charge on any atom is 0.145 e. The quantitative estimate of drug-likeness (QED) is 0.641. The Kier molecular flexibility index (Phi) is 3.28. The molecule has 0 unspecified atom stereocenters. The Hall–Kier alpha value is -2.36. The molecule has 1 aromatic carbocycles. The van der Waals surface area contributed by atoms with Gasteiger partial charge in [0.1, 0.15) is 23.0 Å². The van der Waals surface area contributed by atoms with Gasteiger partial charge < -0.3 is 10.5 Å². The summed E-state index contributed by atoms with van der Waals surface area (Å²) in [7, 11) is 0. The van der Waals surface area contributed by atoms with Gasteiger partial charge in [-0.05, 0) is 43.2 Å². The average Bonchev–Trinajstić information content (AvgIpc) is 2.34. The van der Waals surface area contributed by atoms with Crippen molar-refractivity contribution in [2.45, 2.75) is 13.8 Å². The Morgan fingerprint density at radius 3 is 2.61 bits per heavy atom. The molecule has 0 radical (unpaired) electrons. The summed E-state index contributed by atoms with van der Waals surface area (Å²) in [5, 5.41) is 7.26.